The molecule has 0 bridgehead atoms. The third-order valence-electron chi connectivity index (χ3n) is 2.61. The summed E-state index contributed by atoms with van der Waals surface area (Å²) in [5, 5.41) is 0. The van der Waals surface area contributed by atoms with Gasteiger partial charge in [-0.3, -0.25) is 0 Å². The fourth-order valence-corrected chi connectivity index (χ4v) is 1.70. The molecule has 0 aliphatic rings. The van der Waals surface area contributed by atoms with Crippen LogP contribution in [0, 0.1) is 0 Å². The average Bonchev–Trinajstić information content (AvgIpc) is 2.37. The van der Waals surface area contributed by atoms with Crippen LogP contribution >= 0.6 is 0 Å². The zero-order valence-electron chi connectivity index (χ0n) is 11.3. The molecule has 2 N–H and O–H groups in total. The Morgan fingerprint density at radius 1 is 1.33 bits per heavy atom. The summed E-state index contributed by atoms with van der Waals surface area (Å²) in [4.78, 5) is 11.0. The molecular formula is C14H22N4. The zero-order valence-corrected chi connectivity index (χ0v) is 11.3. The molecule has 0 saturated carbocycles. The quantitative estimate of drug-likeness (QED) is 0.750. The molecule has 0 unspecified atom stereocenters. The van der Waals surface area contributed by atoms with Crippen molar-refractivity contribution in [2.45, 2.75) is 26.3 Å². The van der Waals surface area contributed by atoms with Gasteiger partial charge in [0, 0.05) is 25.6 Å². The smallest absolute Gasteiger partial charge is 0.131 e. The lowest BCUT2D eigenvalue weighted by molar-refractivity contribution is 0.749. The Morgan fingerprint density at radius 2 is 1.94 bits per heavy atom. The minimum absolute atomic E-state index is 0.302. The molecule has 0 amide bonds. The Hall–Kier alpha value is -1.68. The first-order chi connectivity index (χ1) is 8.63. The molecule has 0 saturated heterocycles. The van der Waals surface area contributed by atoms with E-state index >= 15 is 0 Å². The van der Waals surface area contributed by atoms with Crippen molar-refractivity contribution in [2.75, 3.05) is 18.0 Å². The molecule has 0 aliphatic heterocycles. The van der Waals surface area contributed by atoms with E-state index in [1.54, 1.807) is 0 Å². The minimum Gasteiger partial charge on any atom is -0.361 e. The monoisotopic (exact) mass is 246 g/mol. The molecule has 0 radical (unpaired) electrons. The van der Waals surface area contributed by atoms with Crippen LogP contribution in [-0.4, -0.2) is 23.1 Å². The number of nitrogens with two attached hydrogens (primary N) is 1. The zero-order chi connectivity index (χ0) is 13.5. The summed E-state index contributed by atoms with van der Waals surface area (Å²) in [5.41, 5.74) is 7.61. The molecular weight excluding hydrogens is 224 g/mol. The third-order valence-corrected chi connectivity index (χ3v) is 2.61. The van der Waals surface area contributed by atoms with Gasteiger partial charge in [0.25, 0.3) is 0 Å². The number of nitrogens with zero attached hydrogens (tertiary/aromatic N) is 3. The van der Waals surface area contributed by atoms with Crippen LogP contribution in [0.25, 0.3) is 0 Å². The molecule has 1 aromatic heterocycles. The molecule has 4 heteroatoms. The van der Waals surface area contributed by atoms with E-state index in [-0.39, 0.29) is 0 Å². The standard InChI is InChI=1S/C14H22N4/c1-5-7-18(8-6-2)13-10-16-14(11(3)4)17-12(13)9-15/h5-6,10-11H,1-2,7-9,15H2,3-4H3. The molecule has 1 aromatic rings. The van der Waals surface area contributed by atoms with E-state index in [0.717, 1.165) is 30.3 Å². The summed E-state index contributed by atoms with van der Waals surface area (Å²) in [7, 11) is 0. The first-order valence-electron chi connectivity index (χ1n) is 6.16. The van der Waals surface area contributed by atoms with E-state index in [1.165, 1.54) is 0 Å². The van der Waals surface area contributed by atoms with Crippen molar-refractivity contribution in [2.24, 2.45) is 5.73 Å². The van der Waals surface area contributed by atoms with E-state index in [2.05, 4.69) is 41.9 Å². The van der Waals surface area contributed by atoms with Crippen molar-refractivity contribution in [3.05, 3.63) is 43.0 Å². The fourth-order valence-electron chi connectivity index (χ4n) is 1.70. The van der Waals surface area contributed by atoms with E-state index in [1.807, 2.05) is 18.3 Å². The van der Waals surface area contributed by atoms with Crippen LogP contribution in [-0.2, 0) is 6.54 Å². The Kier molecular flexibility index (Phi) is 5.52. The highest BCUT2D eigenvalue weighted by Gasteiger charge is 2.12. The van der Waals surface area contributed by atoms with Gasteiger partial charge >= 0.3 is 0 Å². The lowest BCUT2D eigenvalue weighted by atomic mass is 10.2. The van der Waals surface area contributed by atoms with Gasteiger partial charge in [-0.2, -0.15) is 0 Å². The maximum absolute atomic E-state index is 5.78. The highest BCUT2D eigenvalue weighted by Crippen LogP contribution is 2.20. The molecule has 1 rings (SSSR count). The lowest BCUT2D eigenvalue weighted by Gasteiger charge is -2.23. The maximum atomic E-state index is 5.78. The molecule has 0 aromatic carbocycles. The minimum atomic E-state index is 0.302. The molecule has 0 atom stereocenters. The van der Waals surface area contributed by atoms with Gasteiger partial charge < -0.3 is 10.6 Å². The molecule has 0 aliphatic carbocycles. The number of rotatable bonds is 7. The van der Waals surface area contributed by atoms with Crippen molar-refractivity contribution in [3.63, 3.8) is 0 Å². The third kappa shape index (κ3) is 3.40. The van der Waals surface area contributed by atoms with Crippen LogP contribution in [0.4, 0.5) is 5.69 Å². The Morgan fingerprint density at radius 3 is 2.39 bits per heavy atom. The van der Waals surface area contributed by atoms with Crippen LogP contribution in [0.5, 0.6) is 0 Å². The van der Waals surface area contributed by atoms with Gasteiger partial charge in [0.05, 0.1) is 17.6 Å². The summed E-state index contributed by atoms with van der Waals surface area (Å²) in [6.07, 6.45) is 5.54. The second kappa shape index (κ2) is 6.91. The summed E-state index contributed by atoms with van der Waals surface area (Å²) in [6.45, 7) is 13.5. The van der Waals surface area contributed by atoms with Gasteiger partial charge in [-0.15, -0.1) is 13.2 Å². The number of hydrogen-bond donors (Lipinski definition) is 1. The van der Waals surface area contributed by atoms with Gasteiger partial charge in [0.1, 0.15) is 5.82 Å². The summed E-state index contributed by atoms with van der Waals surface area (Å²) >= 11 is 0. The van der Waals surface area contributed by atoms with Gasteiger partial charge in [0.2, 0.25) is 0 Å². The molecule has 0 fully saturated rings. The number of anilines is 1. The predicted octanol–water partition coefficient (Wildman–Crippen LogP) is 2.24. The van der Waals surface area contributed by atoms with Gasteiger partial charge in [0.15, 0.2) is 0 Å². The first-order valence-corrected chi connectivity index (χ1v) is 6.16. The Labute approximate surface area is 109 Å². The fraction of sp³-hybridized carbons (Fsp3) is 0.429. The van der Waals surface area contributed by atoms with Crippen LogP contribution in [0.1, 0.15) is 31.3 Å². The van der Waals surface area contributed by atoms with Crippen molar-refractivity contribution < 1.29 is 0 Å². The van der Waals surface area contributed by atoms with Gasteiger partial charge in [-0.25, -0.2) is 9.97 Å². The van der Waals surface area contributed by atoms with Gasteiger partial charge in [-0.1, -0.05) is 26.0 Å². The maximum Gasteiger partial charge on any atom is 0.131 e. The van der Waals surface area contributed by atoms with E-state index in [0.29, 0.717) is 12.5 Å². The summed E-state index contributed by atoms with van der Waals surface area (Å²) in [6, 6.07) is 0. The Balaban J connectivity index is 3.12. The topological polar surface area (TPSA) is 55.0 Å². The SMILES string of the molecule is C=CCN(CC=C)c1cnc(C(C)C)nc1CN. The summed E-state index contributed by atoms with van der Waals surface area (Å²) < 4.78 is 0. The van der Waals surface area contributed by atoms with Crippen molar-refractivity contribution >= 4 is 5.69 Å². The van der Waals surface area contributed by atoms with Crippen molar-refractivity contribution in [1.82, 2.24) is 9.97 Å². The van der Waals surface area contributed by atoms with Crippen molar-refractivity contribution in [3.8, 4) is 0 Å². The van der Waals surface area contributed by atoms with E-state index < -0.39 is 0 Å². The molecule has 1 heterocycles. The predicted molar refractivity (Wildman–Crippen MR) is 76.6 cm³/mol. The van der Waals surface area contributed by atoms with Crippen LogP contribution in [0.2, 0.25) is 0 Å². The number of hydrogen-bond acceptors (Lipinski definition) is 4. The van der Waals surface area contributed by atoms with Crippen LogP contribution in [0.15, 0.2) is 31.5 Å². The molecule has 0 spiro atoms. The van der Waals surface area contributed by atoms with Gasteiger partial charge in [-0.05, 0) is 0 Å². The normalized spacial score (nSPS) is 10.4. The Bertz CT molecular complexity index is 402. The van der Waals surface area contributed by atoms with E-state index in [4.69, 9.17) is 5.73 Å². The molecule has 98 valence electrons. The van der Waals surface area contributed by atoms with Crippen molar-refractivity contribution in [1.29, 1.82) is 0 Å². The van der Waals surface area contributed by atoms with E-state index in [9.17, 15) is 0 Å². The number of aromatic nitrogens is 2. The second-order valence-electron chi connectivity index (χ2n) is 4.40. The highest BCUT2D eigenvalue weighted by atomic mass is 15.1. The molecule has 18 heavy (non-hydrogen) atoms. The average molecular weight is 246 g/mol. The highest BCUT2D eigenvalue weighted by molar-refractivity contribution is 5.50. The van der Waals surface area contributed by atoms with Crippen LogP contribution in [0.3, 0.4) is 0 Å². The van der Waals surface area contributed by atoms with Crippen LogP contribution < -0.4 is 10.6 Å². The summed E-state index contributed by atoms with van der Waals surface area (Å²) in [5.74, 6) is 1.13. The molecule has 4 nitrogen and oxygen atoms in total. The largest absolute Gasteiger partial charge is 0.361 e. The first kappa shape index (κ1) is 14.4. The lowest BCUT2D eigenvalue weighted by Crippen LogP contribution is -2.26. The second-order valence-corrected chi connectivity index (χ2v) is 4.40.